The Labute approximate surface area is 170 Å². The van der Waals surface area contributed by atoms with Crippen LogP contribution in [0.5, 0.6) is 0 Å². The van der Waals surface area contributed by atoms with Crippen LogP contribution in [0.25, 0.3) is 11.0 Å². The van der Waals surface area contributed by atoms with Gasteiger partial charge in [0.2, 0.25) is 5.95 Å². The predicted octanol–water partition coefficient (Wildman–Crippen LogP) is 3.93. The molecule has 0 spiro atoms. The highest BCUT2D eigenvalue weighted by atomic mass is 35.5. The van der Waals surface area contributed by atoms with E-state index in [1.807, 2.05) is 0 Å². The number of carbonyl (C=O) groups is 1. The Bertz CT molecular complexity index is 1290. The number of carbonyl (C=O) groups excluding carboxylic acids is 1. The van der Waals surface area contributed by atoms with Crippen molar-refractivity contribution in [3.63, 3.8) is 0 Å². The summed E-state index contributed by atoms with van der Waals surface area (Å²) in [7, 11) is -3.85. The lowest BCUT2D eigenvalue weighted by molar-refractivity contribution is 0.0998. The third-order valence-corrected chi connectivity index (χ3v) is 5.50. The summed E-state index contributed by atoms with van der Waals surface area (Å²) in [5.41, 5.74) is 0.943. The molecular formula is C19H13ClN4O4S. The number of nitrogens with zero attached hydrogens (tertiary/aromatic N) is 2. The minimum absolute atomic E-state index is 0.00123. The molecule has 0 fully saturated rings. The summed E-state index contributed by atoms with van der Waals surface area (Å²) >= 11 is 5.94. The fourth-order valence-electron chi connectivity index (χ4n) is 2.57. The maximum absolute atomic E-state index is 12.4. The van der Waals surface area contributed by atoms with Gasteiger partial charge < -0.3 is 9.73 Å². The van der Waals surface area contributed by atoms with Gasteiger partial charge in [0.15, 0.2) is 5.76 Å². The van der Waals surface area contributed by atoms with Crippen LogP contribution >= 0.6 is 11.6 Å². The number of amides is 1. The zero-order valence-corrected chi connectivity index (χ0v) is 16.2. The Hall–Kier alpha value is -3.43. The molecule has 2 aromatic heterocycles. The zero-order valence-electron chi connectivity index (χ0n) is 14.7. The van der Waals surface area contributed by atoms with Gasteiger partial charge in [0, 0.05) is 28.5 Å². The zero-order chi connectivity index (χ0) is 20.4. The predicted molar refractivity (Wildman–Crippen MR) is 108 cm³/mol. The van der Waals surface area contributed by atoms with Gasteiger partial charge in [-0.15, -0.1) is 0 Å². The molecule has 8 nitrogen and oxygen atoms in total. The first kappa shape index (κ1) is 18.9. The molecule has 2 heterocycles. The van der Waals surface area contributed by atoms with Gasteiger partial charge in [0.25, 0.3) is 15.9 Å². The van der Waals surface area contributed by atoms with Gasteiger partial charge in [-0.2, -0.15) is 0 Å². The van der Waals surface area contributed by atoms with Crippen molar-refractivity contribution in [2.45, 2.75) is 4.90 Å². The van der Waals surface area contributed by atoms with Crippen LogP contribution in [0.1, 0.15) is 10.6 Å². The largest absolute Gasteiger partial charge is 0.451 e. The molecule has 0 atom stereocenters. The van der Waals surface area contributed by atoms with Crippen molar-refractivity contribution in [1.29, 1.82) is 0 Å². The molecule has 29 heavy (non-hydrogen) atoms. The van der Waals surface area contributed by atoms with Crippen molar-refractivity contribution >= 4 is 50.1 Å². The highest BCUT2D eigenvalue weighted by molar-refractivity contribution is 7.92. The van der Waals surface area contributed by atoms with Crippen LogP contribution in [0.3, 0.4) is 0 Å². The summed E-state index contributed by atoms with van der Waals surface area (Å²) in [5, 5.41) is 3.90. The standard InChI is InChI=1S/C19H13ClN4O4S/c20-13-2-7-16-12(10-13)11-17(28-16)18(25)23-14-3-5-15(6-4-14)29(26,27)24-19-21-8-1-9-22-19/h1-11H,(H,23,25)(H,21,22,24). The van der Waals surface area contributed by atoms with Gasteiger partial charge >= 0.3 is 0 Å². The topological polar surface area (TPSA) is 114 Å². The maximum atomic E-state index is 12.4. The Kier molecular flexibility index (Phi) is 4.91. The molecule has 0 saturated heterocycles. The highest BCUT2D eigenvalue weighted by Crippen LogP contribution is 2.24. The second-order valence-corrected chi connectivity index (χ2v) is 8.07. The molecule has 4 aromatic rings. The molecule has 0 saturated carbocycles. The first-order valence-corrected chi connectivity index (χ1v) is 10.2. The van der Waals surface area contributed by atoms with Gasteiger partial charge in [-0.05, 0) is 54.6 Å². The van der Waals surface area contributed by atoms with Gasteiger partial charge in [0.05, 0.1) is 4.90 Å². The van der Waals surface area contributed by atoms with Gasteiger partial charge in [0.1, 0.15) is 5.58 Å². The second kappa shape index (κ2) is 7.53. The van der Waals surface area contributed by atoms with E-state index in [0.29, 0.717) is 21.7 Å². The number of anilines is 2. The van der Waals surface area contributed by atoms with Gasteiger partial charge in [-0.3, -0.25) is 4.79 Å². The minimum Gasteiger partial charge on any atom is -0.451 e. The summed E-state index contributed by atoms with van der Waals surface area (Å²) < 4.78 is 32.5. The van der Waals surface area contributed by atoms with E-state index in [1.54, 1.807) is 30.3 Å². The fourth-order valence-corrected chi connectivity index (χ4v) is 3.71. The minimum atomic E-state index is -3.85. The van der Waals surface area contributed by atoms with Crippen molar-refractivity contribution in [2.24, 2.45) is 0 Å². The van der Waals surface area contributed by atoms with Crippen LogP contribution in [-0.4, -0.2) is 24.3 Å². The lowest BCUT2D eigenvalue weighted by atomic mass is 10.2. The summed E-state index contributed by atoms with van der Waals surface area (Å²) in [6.07, 6.45) is 2.85. The molecule has 4 rings (SSSR count). The van der Waals surface area contributed by atoms with E-state index in [9.17, 15) is 13.2 Å². The van der Waals surface area contributed by atoms with Crippen LogP contribution in [0.15, 0.2) is 76.3 Å². The third kappa shape index (κ3) is 4.20. The first-order valence-electron chi connectivity index (χ1n) is 8.31. The van der Waals surface area contributed by atoms with Crippen molar-refractivity contribution in [1.82, 2.24) is 9.97 Å². The van der Waals surface area contributed by atoms with E-state index < -0.39 is 15.9 Å². The van der Waals surface area contributed by atoms with E-state index in [0.717, 1.165) is 0 Å². The molecule has 10 heteroatoms. The van der Waals surface area contributed by atoms with Gasteiger partial charge in [-0.25, -0.2) is 23.1 Å². The molecule has 0 aliphatic heterocycles. The Balaban J connectivity index is 1.49. The summed E-state index contributed by atoms with van der Waals surface area (Å²) in [4.78, 5) is 20.1. The number of sulfonamides is 1. The number of rotatable bonds is 5. The average molecular weight is 429 g/mol. The number of nitrogens with one attached hydrogen (secondary N) is 2. The summed E-state index contributed by atoms with van der Waals surface area (Å²) in [6, 6.07) is 13.9. The van der Waals surface area contributed by atoms with Crippen molar-refractivity contribution in [3.05, 3.63) is 77.8 Å². The van der Waals surface area contributed by atoms with Crippen molar-refractivity contribution < 1.29 is 17.6 Å². The van der Waals surface area contributed by atoms with E-state index in [4.69, 9.17) is 16.0 Å². The van der Waals surface area contributed by atoms with Crippen LogP contribution in [-0.2, 0) is 10.0 Å². The summed E-state index contributed by atoms with van der Waals surface area (Å²) in [6.45, 7) is 0. The molecule has 0 unspecified atom stereocenters. The molecule has 0 aliphatic carbocycles. The van der Waals surface area contributed by atoms with E-state index in [1.165, 1.54) is 36.7 Å². The lowest BCUT2D eigenvalue weighted by Crippen LogP contribution is -2.15. The Morgan fingerprint density at radius 3 is 2.45 bits per heavy atom. The average Bonchev–Trinajstić information content (AvgIpc) is 3.12. The number of hydrogen-bond acceptors (Lipinski definition) is 6. The molecular weight excluding hydrogens is 416 g/mol. The van der Waals surface area contributed by atoms with Crippen molar-refractivity contribution in [3.8, 4) is 0 Å². The number of aromatic nitrogens is 2. The third-order valence-electron chi connectivity index (χ3n) is 3.92. The van der Waals surface area contributed by atoms with E-state index in [2.05, 4.69) is 20.0 Å². The SMILES string of the molecule is O=C(Nc1ccc(S(=O)(=O)Nc2ncccn2)cc1)c1cc2cc(Cl)ccc2o1. The van der Waals surface area contributed by atoms with Crippen LogP contribution in [0.4, 0.5) is 11.6 Å². The molecule has 146 valence electrons. The van der Waals surface area contributed by atoms with Gasteiger partial charge in [-0.1, -0.05) is 11.6 Å². The van der Waals surface area contributed by atoms with E-state index in [-0.39, 0.29) is 16.6 Å². The number of fused-ring (bicyclic) bond motifs is 1. The van der Waals surface area contributed by atoms with Crippen LogP contribution < -0.4 is 10.0 Å². The normalized spacial score (nSPS) is 11.3. The molecule has 0 radical (unpaired) electrons. The number of furan rings is 1. The molecule has 1 amide bonds. The quantitative estimate of drug-likeness (QED) is 0.497. The Morgan fingerprint density at radius 1 is 1.00 bits per heavy atom. The first-order chi connectivity index (χ1) is 13.9. The maximum Gasteiger partial charge on any atom is 0.291 e. The molecule has 0 bridgehead atoms. The van der Waals surface area contributed by atoms with Crippen LogP contribution in [0, 0.1) is 0 Å². The molecule has 2 N–H and O–H groups in total. The monoisotopic (exact) mass is 428 g/mol. The number of halogens is 1. The highest BCUT2D eigenvalue weighted by Gasteiger charge is 2.17. The Morgan fingerprint density at radius 2 is 1.72 bits per heavy atom. The van der Waals surface area contributed by atoms with E-state index >= 15 is 0 Å². The second-order valence-electron chi connectivity index (χ2n) is 5.95. The lowest BCUT2D eigenvalue weighted by Gasteiger charge is -2.07. The van der Waals surface area contributed by atoms with Crippen molar-refractivity contribution in [2.75, 3.05) is 10.0 Å². The number of benzene rings is 2. The molecule has 0 aliphatic rings. The summed E-state index contributed by atoms with van der Waals surface area (Å²) in [5.74, 6) is -0.388. The fraction of sp³-hybridized carbons (Fsp3) is 0. The molecule has 2 aromatic carbocycles. The van der Waals surface area contributed by atoms with Crippen LogP contribution in [0.2, 0.25) is 5.02 Å². The smallest absolute Gasteiger partial charge is 0.291 e. The number of hydrogen-bond donors (Lipinski definition) is 2.